The molecule has 150 valence electrons. The lowest BCUT2D eigenvalue weighted by Gasteiger charge is -2.41. The first-order valence-electron chi connectivity index (χ1n) is 9.34. The Labute approximate surface area is 175 Å². The van der Waals surface area contributed by atoms with Crippen molar-refractivity contribution in [2.75, 3.05) is 33.7 Å². The van der Waals surface area contributed by atoms with Crippen molar-refractivity contribution >= 4 is 36.4 Å². The molecule has 1 N–H and O–H groups in total. The smallest absolute Gasteiger partial charge is 0.0728 e. The van der Waals surface area contributed by atoms with Crippen LogP contribution in [0.3, 0.4) is 0 Å². The summed E-state index contributed by atoms with van der Waals surface area (Å²) in [5, 5.41) is 12.2. The van der Waals surface area contributed by atoms with Crippen LogP contribution in [0.25, 0.3) is 0 Å². The van der Waals surface area contributed by atoms with E-state index in [1.165, 1.54) is 18.4 Å². The zero-order chi connectivity index (χ0) is 17.2. The minimum absolute atomic E-state index is 0. The van der Waals surface area contributed by atoms with Gasteiger partial charge in [0.1, 0.15) is 0 Å². The third kappa shape index (κ3) is 5.73. The maximum Gasteiger partial charge on any atom is 0.0728 e. The summed E-state index contributed by atoms with van der Waals surface area (Å²) in [5.41, 5.74) is 0.610. The molecule has 1 heterocycles. The predicted molar refractivity (Wildman–Crippen MR) is 115 cm³/mol. The molecule has 1 aliphatic carbocycles. The lowest BCUT2D eigenvalue weighted by Crippen LogP contribution is -2.44. The molecule has 1 aromatic carbocycles. The van der Waals surface area contributed by atoms with Crippen LogP contribution in [0.4, 0.5) is 0 Å². The molecule has 2 fully saturated rings. The second-order valence-corrected chi connectivity index (χ2v) is 8.37. The molecule has 1 saturated carbocycles. The van der Waals surface area contributed by atoms with E-state index in [0.717, 1.165) is 50.3 Å². The van der Waals surface area contributed by atoms with Crippen molar-refractivity contribution in [1.29, 1.82) is 0 Å². The van der Waals surface area contributed by atoms with E-state index in [2.05, 4.69) is 36.0 Å². The Kier molecular flexibility index (Phi) is 9.69. The fourth-order valence-corrected chi connectivity index (χ4v) is 4.68. The van der Waals surface area contributed by atoms with Crippen LogP contribution in [0.5, 0.6) is 0 Å². The molecule has 0 radical (unpaired) electrons. The lowest BCUT2D eigenvalue weighted by atomic mass is 9.72. The highest BCUT2D eigenvalue weighted by molar-refractivity contribution is 6.30. The number of likely N-dealkylation sites (tertiary alicyclic amines) is 1. The quantitative estimate of drug-likeness (QED) is 0.750. The summed E-state index contributed by atoms with van der Waals surface area (Å²) in [7, 11) is 4.33. The number of nitrogens with zero attached hydrogens (tertiary/aromatic N) is 2. The Balaban J connectivity index is 0.00000169. The monoisotopic (exact) mass is 422 g/mol. The van der Waals surface area contributed by atoms with Gasteiger partial charge in [-0.3, -0.25) is 0 Å². The molecule has 6 heteroatoms. The summed E-state index contributed by atoms with van der Waals surface area (Å²) >= 11 is 6.25. The highest BCUT2D eigenvalue weighted by atomic mass is 35.5. The first kappa shape index (κ1) is 24.0. The van der Waals surface area contributed by atoms with Crippen molar-refractivity contribution in [3.63, 3.8) is 0 Å². The van der Waals surface area contributed by atoms with Crippen molar-refractivity contribution in [3.05, 3.63) is 34.9 Å². The van der Waals surface area contributed by atoms with Crippen LogP contribution in [0.1, 0.15) is 50.0 Å². The van der Waals surface area contributed by atoms with E-state index in [4.69, 9.17) is 11.6 Å². The van der Waals surface area contributed by atoms with E-state index in [0.29, 0.717) is 6.04 Å². The van der Waals surface area contributed by atoms with Gasteiger partial charge in [-0.15, -0.1) is 24.8 Å². The minimum Gasteiger partial charge on any atom is -0.389 e. The Hall–Kier alpha value is -0.0300. The van der Waals surface area contributed by atoms with E-state index >= 15 is 0 Å². The van der Waals surface area contributed by atoms with E-state index in [1.807, 2.05) is 12.1 Å². The summed E-state index contributed by atoms with van der Waals surface area (Å²) in [4.78, 5) is 4.85. The highest BCUT2D eigenvalue weighted by Gasteiger charge is 2.40. The standard InChI is InChI=1S/C20H31ClN2O.2ClH/c1-22(2)18-9-12-23(14-18)15-19(16-7-6-8-17(21)13-16)20(24)10-4-3-5-11-20;;/h6-8,13,18-19,24H,3-5,9-12,14-15H2,1-2H3;2*1H. The second kappa shape index (κ2) is 10.5. The number of hydrogen-bond acceptors (Lipinski definition) is 3. The first-order valence-corrected chi connectivity index (χ1v) is 9.72. The van der Waals surface area contributed by atoms with Gasteiger partial charge in [0.05, 0.1) is 5.60 Å². The predicted octanol–water partition coefficient (Wildman–Crippen LogP) is 4.60. The van der Waals surface area contributed by atoms with Gasteiger partial charge in [-0.25, -0.2) is 0 Å². The fourth-order valence-electron chi connectivity index (χ4n) is 4.48. The van der Waals surface area contributed by atoms with Gasteiger partial charge in [0.2, 0.25) is 0 Å². The highest BCUT2D eigenvalue weighted by Crippen LogP contribution is 2.41. The average molecular weight is 424 g/mol. The normalized spacial score (nSPS) is 24.0. The number of benzene rings is 1. The number of halogens is 3. The van der Waals surface area contributed by atoms with Crippen LogP contribution in [-0.4, -0.2) is 60.3 Å². The van der Waals surface area contributed by atoms with E-state index in [9.17, 15) is 5.11 Å². The third-order valence-electron chi connectivity index (χ3n) is 6.04. The molecular weight excluding hydrogens is 391 g/mol. The van der Waals surface area contributed by atoms with Gasteiger partial charge in [-0.1, -0.05) is 43.0 Å². The van der Waals surface area contributed by atoms with Gasteiger partial charge in [-0.2, -0.15) is 0 Å². The molecule has 2 aliphatic rings. The summed E-state index contributed by atoms with van der Waals surface area (Å²) in [6, 6.07) is 8.76. The molecule has 1 aromatic rings. The van der Waals surface area contributed by atoms with Gasteiger partial charge < -0.3 is 14.9 Å². The van der Waals surface area contributed by atoms with E-state index < -0.39 is 5.60 Å². The Morgan fingerprint density at radius 2 is 1.92 bits per heavy atom. The molecule has 3 rings (SSSR count). The van der Waals surface area contributed by atoms with Crippen LogP contribution in [0, 0.1) is 0 Å². The van der Waals surface area contributed by atoms with Gasteiger partial charge in [0, 0.05) is 30.1 Å². The van der Waals surface area contributed by atoms with E-state index in [-0.39, 0.29) is 30.7 Å². The van der Waals surface area contributed by atoms with Crippen LogP contribution in [0.2, 0.25) is 5.02 Å². The summed E-state index contributed by atoms with van der Waals surface area (Å²) in [5.74, 6) is 0.150. The first-order chi connectivity index (χ1) is 11.5. The van der Waals surface area contributed by atoms with Gasteiger partial charge >= 0.3 is 0 Å². The maximum absolute atomic E-state index is 11.4. The van der Waals surface area contributed by atoms with Gasteiger partial charge in [0.15, 0.2) is 0 Å². The van der Waals surface area contributed by atoms with Crippen LogP contribution in [-0.2, 0) is 0 Å². The molecule has 1 saturated heterocycles. The molecular formula is C20H33Cl3N2O. The summed E-state index contributed by atoms with van der Waals surface area (Å²) in [6.45, 7) is 3.15. The minimum atomic E-state index is -0.584. The molecule has 0 spiro atoms. The Morgan fingerprint density at radius 1 is 1.23 bits per heavy atom. The SMILES string of the molecule is CN(C)C1CCN(CC(c2cccc(Cl)c2)C2(O)CCCCC2)C1.Cl.Cl. The summed E-state index contributed by atoms with van der Waals surface area (Å²) in [6.07, 6.45) is 6.55. The lowest BCUT2D eigenvalue weighted by molar-refractivity contribution is -0.0296. The van der Waals surface area contributed by atoms with Crippen molar-refractivity contribution in [3.8, 4) is 0 Å². The zero-order valence-corrected chi connectivity index (χ0v) is 18.3. The fraction of sp³-hybridized carbons (Fsp3) is 0.700. The molecule has 0 aromatic heterocycles. The van der Waals surface area contributed by atoms with Crippen molar-refractivity contribution < 1.29 is 5.11 Å². The maximum atomic E-state index is 11.4. The molecule has 0 amide bonds. The number of likely N-dealkylation sites (N-methyl/N-ethyl adjacent to an activating group) is 1. The number of rotatable bonds is 5. The van der Waals surface area contributed by atoms with Crippen molar-refractivity contribution in [1.82, 2.24) is 9.80 Å². The molecule has 0 bridgehead atoms. The van der Waals surface area contributed by atoms with Crippen LogP contribution < -0.4 is 0 Å². The van der Waals surface area contributed by atoms with Gasteiger partial charge in [-0.05, 0) is 57.6 Å². The summed E-state index contributed by atoms with van der Waals surface area (Å²) < 4.78 is 0. The van der Waals surface area contributed by atoms with E-state index in [1.54, 1.807) is 0 Å². The third-order valence-corrected chi connectivity index (χ3v) is 6.27. The van der Waals surface area contributed by atoms with Crippen molar-refractivity contribution in [2.24, 2.45) is 0 Å². The van der Waals surface area contributed by atoms with Crippen LogP contribution >= 0.6 is 36.4 Å². The van der Waals surface area contributed by atoms with Crippen molar-refractivity contribution in [2.45, 2.75) is 56.1 Å². The molecule has 1 aliphatic heterocycles. The van der Waals surface area contributed by atoms with Gasteiger partial charge in [0.25, 0.3) is 0 Å². The number of aliphatic hydroxyl groups is 1. The largest absolute Gasteiger partial charge is 0.389 e. The average Bonchev–Trinajstić information content (AvgIpc) is 3.02. The Bertz CT molecular complexity index is 550. The number of hydrogen-bond donors (Lipinski definition) is 1. The molecule has 26 heavy (non-hydrogen) atoms. The zero-order valence-electron chi connectivity index (χ0n) is 15.9. The molecule has 2 unspecified atom stereocenters. The topological polar surface area (TPSA) is 26.7 Å². The Morgan fingerprint density at radius 3 is 2.50 bits per heavy atom. The molecule has 3 nitrogen and oxygen atoms in total. The second-order valence-electron chi connectivity index (χ2n) is 7.94. The molecule has 2 atom stereocenters. The van der Waals surface area contributed by atoms with Crippen LogP contribution in [0.15, 0.2) is 24.3 Å².